The van der Waals surface area contributed by atoms with E-state index in [-0.39, 0.29) is 11.9 Å². The molecule has 0 N–H and O–H groups in total. The third-order valence-electron chi connectivity index (χ3n) is 4.19. The molecule has 3 nitrogen and oxygen atoms in total. The molecular weight excluding hydrogens is 252 g/mol. The van der Waals surface area contributed by atoms with Crippen LogP contribution in [0.25, 0.3) is 0 Å². The molecule has 0 unspecified atom stereocenters. The van der Waals surface area contributed by atoms with Gasteiger partial charge in [0.1, 0.15) is 0 Å². The first kappa shape index (κ1) is 17.2. The van der Waals surface area contributed by atoms with Gasteiger partial charge in [0.15, 0.2) is 0 Å². The number of carbonyl (C=O) groups excluding carboxylic acids is 2. The highest BCUT2D eigenvalue weighted by Crippen LogP contribution is 2.27. The third-order valence-corrected chi connectivity index (χ3v) is 4.19. The van der Waals surface area contributed by atoms with Gasteiger partial charge in [-0.25, -0.2) is 0 Å². The van der Waals surface area contributed by atoms with E-state index in [1.54, 1.807) is 0 Å². The van der Waals surface area contributed by atoms with Crippen LogP contribution in [0.4, 0.5) is 0 Å². The van der Waals surface area contributed by atoms with Crippen molar-refractivity contribution in [3.05, 3.63) is 0 Å². The lowest BCUT2D eigenvalue weighted by Crippen LogP contribution is -2.14. The lowest BCUT2D eigenvalue weighted by Gasteiger charge is -2.20. The van der Waals surface area contributed by atoms with Crippen molar-refractivity contribution in [3.63, 3.8) is 0 Å². The molecule has 116 valence electrons. The molecule has 3 heteroatoms. The molecule has 0 amide bonds. The number of unbranched alkanes of at least 4 members (excludes halogenated alkanes) is 4. The van der Waals surface area contributed by atoms with E-state index in [9.17, 15) is 9.59 Å². The van der Waals surface area contributed by atoms with Gasteiger partial charge in [0.2, 0.25) is 0 Å². The van der Waals surface area contributed by atoms with Crippen LogP contribution in [-0.4, -0.2) is 11.9 Å². The molecule has 1 aliphatic carbocycles. The topological polar surface area (TPSA) is 43.4 Å². The summed E-state index contributed by atoms with van der Waals surface area (Å²) in [7, 11) is 0. The van der Waals surface area contributed by atoms with Crippen molar-refractivity contribution in [3.8, 4) is 0 Å². The molecule has 20 heavy (non-hydrogen) atoms. The lowest BCUT2D eigenvalue weighted by atomic mass is 9.86. The SMILES string of the molecule is CCCCCCCC(=O)OC(=O)CCC1CCCCC1. The maximum Gasteiger partial charge on any atom is 0.313 e. The summed E-state index contributed by atoms with van der Waals surface area (Å²) in [6, 6.07) is 0. The molecule has 0 radical (unpaired) electrons. The highest BCUT2D eigenvalue weighted by molar-refractivity contribution is 5.85. The monoisotopic (exact) mass is 282 g/mol. The van der Waals surface area contributed by atoms with Crippen LogP contribution in [0.15, 0.2) is 0 Å². The first-order valence-electron chi connectivity index (χ1n) is 8.46. The van der Waals surface area contributed by atoms with Crippen molar-refractivity contribution >= 4 is 11.9 Å². The molecule has 1 rings (SSSR count). The average Bonchev–Trinajstić information content (AvgIpc) is 2.46. The Kier molecular flexibility index (Phi) is 9.35. The molecule has 0 aliphatic heterocycles. The van der Waals surface area contributed by atoms with Crippen LogP contribution in [0.3, 0.4) is 0 Å². The summed E-state index contributed by atoms with van der Waals surface area (Å²) < 4.78 is 4.87. The second kappa shape index (κ2) is 10.9. The molecule has 1 aliphatic rings. The maximum atomic E-state index is 11.6. The van der Waals surface area contributed by atoms with Gasteiger partial charge in [-0.05, 0) is 18.8 Å². The Balaban J connectivity index is 2.01. The molecule has 0 atom stereocenters. The van der Waals surface area contributed by atoms with Crippen molar-refractivity contribution in [2.45, 2.75) is 90.4 Å². The number of rotatable bonds is 9. The Morgan fingerprint density at radius 1 is 0.900 bits per heavy atom. The van der Waals surface area contributed by atoms with Crippen molar-refractivity contribution in [1.29, 1.82) is 0 Å². The maximum absolute atomic E-state index is 11.6. The fraction of sp³-hybridized carbons (Fsp3) is 0.882. The van der Waals surface area contributed by atoms with E-state index >= 15 is 0 Å². The van der Waals surface area contributed by atoms with Gasteiger partial charge < -0.3 is 4.74 Å². The minimum absolute atomic E-state index is 0.325. The third kappa shape index (κ3) is 8.34. The number of carbonyl (C=O) groups is 2. The highest BCUT2D eigenvalue weighted by atomic mass is 16.6. The predicted octanol–water partition coefficient (Wildman–Crippen LogP) is 4.78. The standard InChI is InChI=1S/C17H30O3/c1-2-3-4-5-9-12-16(18)20-17(19)14-13-15-10-7-6-8-11-15/h15H,2-14H2,1H3. The minimum atomic E-state index is -0.338. The van der Waals surface area contributed by atoms with Crippen LogP contribution in [0, 0.1) is 5.92 Å². The Bertz CT molecular complexity index is 280. The van der Waals surface area contributed by atoms with Crippen LogP contribution in [0.5, 0.6) is 0 Å². The first-order chi connectivity index (χ1) is 9.72. The second-order valence-corrected chi connectivity index (χ2v) is 6.05. The minimum Gasteiger partial charge on any atom is -0.393 e. The summed E-state index contributed by atoms with van der Waals surface area (Å²) in [6.07, 6.45) is 13.5. The van der Waals surface area contributed by atoms with Crippen molar-refractivity contribution in [1.82, 2.24) is 0 Å². The molecule has 0 aromatic carbocycles. The Morgan fingerprint density at radius 2 is 1.55 bits per heavy atom. The fourth-order valence-corrected chi connectivity index (χ4v) is 2.90. The normalized spacial score (nSPS) is 16.1. The van der Waals surface area contributed by atoms with Crippen molar-refractivity contribution in [2.24, 2.45) is 5.92 Å². The van der Waals surface area contributed by atoms with E-state index in [1.807, 2.05) is 0 Å². The predicted molar refractivity (Wildman–Crippen MR) is 80.3 cm³/mol. The molecule has 0 heterocycles. The van der Waals surface area contributed by atoms with Crippen LogP contribution >= 0.6 is 0 Å². The Hall–Kier alpha value is -0.860. The van der Waals surface area contributed by atoms with E-state index < -0.39 is 0 Å². The number of hydrogen-bond donors (Lipinski definition) is 0. The van der Waals surface area contributed by atoms with Crippen LogP contribution in [-0.2, 0) is 14.3 Å². The van der Waals surface area contributed by atoms with Crippen LogP contribution < -0.4 is 0 Å². The molecule has 0 aromatic heterocycles. The average molecular weight is 282 g/mol. The molecule has 0 aromatic rings. The molecule has 0 saturated heterocycles. The van der Waals surface area contributed by atoms with E-state index in [4.69, 9.17) is 4.74 Å². The van der Waals surface area contributed by atoms with Gasteiger partial charge in [-0.3, -0.25) is 9.59 Å². The van der Waals surface area contributed by atoms with E-state index in [0.717, 1.165) is 19.3 Å². The zero-order valence-corrected chi connectivity index (χ0v) is 13.0. The summed E-state index contributed by atoms with van der Waals surface area (Å²) in [5.41, 5.74) is 0. The summed E-state index contributed by atoms with van der Waals surface area (Å²) in [5, 5.41) is 0. The largest absolute Gasteiger partial charge is 0.393 e. The zero-order chi connectivity index (χ0) is 14.6. The van der Waals surface area contributed by atoms with Crippen LogP contribution in [0.1, 0.15) is 90.4 Å². The molecule has 0 spiro atoms. The number of hydrogen-bond acceptors (Lipinski definition) is 3. The highest BCUT2D eigenvalue weighted by Gasteiger charge is 2.16. The summed E-state index contributed by atoms with van der Waals surface area (Å²) >= 11 is 0. The quantitative estimate of drug-likeness (QED) is 0.347. The number of ether oxygens (including phenoxy) is 1. The second-order valence-electron chi connectivity index (χ2n) is 6.05. The molecule has 1 saturated carbocycles. The Morgan fingerprint density at radius 3 is 2.25 bits per heavy atom. The van der Waals surface area contributed by atoms with Gasteiger partial charge in [-0.2, -0.15) is 0 Å². The summed E-state index contributed by atoms with van der Waals surface area (Å²) in [5.74, 6) is 0.00437. The van der Waals surface area contributed by atoms with Gasteiger partial charge in [-0.1, -0.05) is 64.7 Å². The fourth-order valence-electron chi connectivity index (χ4n) is 2.90. The molecule has 0 bridgehead atoms. The van der Waals surface area contributed by atoms with Crippen molar-refractivity contribution < 1.29 is 14.3 Å². The summed E-state index contributed by atoms with van der Waals surface area (Å²) in [4.78, 5) is 23.1. The number of esters is 2. The molecule has 1 fully saturated rings. The van der Waals surface area contributed by atoms with E-state index in [2.05, 4.69) is 6.92 Å². The lowest BCUT2D eigenvalue weighted by molar-refractivity contribution is -0.159. The zero-order valence-electron chi connectivity index (χ0n) is 13.0. The van der Waals surface area contributed by atoms with Gasteiger partial charge in [0, 0.05) is 12.8 Å². The van der Waals surface area contributed by atoms with Gasteiger partial charge in [0.25, 0.3) is 0 Å². The molecular formula is C17H30O3. The van der Waals surface area contributed by atoms with E-state index in [0.29, 0.717) is 18.8 Å². The van der Waals surface area contributed by atoms with Gasteiger partial charge >= 0.3 is 11.9 Å². The first-order valence-corrected chi connectivity index (χ1v) is 8.46. The summed E-state index contributed by atoms with van der Waals surface area (Å²) in [6.45, 7) is 2.17. The van der Waals surface area contributed by atoms with Crippen molar-refractivity contribution in [2.75, 3.05) is 0 Å². The van der Waals surface area contributed by atoms with Gasteiger partial charge in [-0.15, -0.1) is 0 Å². The van der Waals surface area contributed by atoms with Gasteiger partial charge in [0.05, 0.1) is 0 Å². The smallest absolute Gasteiger partial charge is 0.313 e. The van der Waals surface area contributed by atoms with E-state index in [1.165, 1.54) is 51.4 Å². The Labute approximate surface area is 123 Å². The van der Waals surface area contributed by atoms with Crippen LogP contribution in [0.2, 0.25) is 0 Å².